The number of carbonyl (C=O) groups is 1. The van der Waals surface area contributed by atoms with Crippen molar-refractivity contribution in [2.45, 2.75) is 26.8 Å². The summed E-state index contributed by atoms with van der Waals surface area (Å²) in [6.07, 6.45) is 0. The Bertz CT molecular complexity index is 502. The Morgan fingerprint density at radius 3 is 2.55 bits per heavy atom. The van der Waals surface area contributed by atoms with Crippen LogP contribution in [-0.4, -0.2) is 28.6 Å². The highest BCUT2D eigenvalue weighted by molar-refractivity contribution is 5.78. The second kappa shape index (κ2) is 6.74. The molecule has 1 atom stereocenters. The molecule has 0 aliphatic carbocycles. The van der Waals surface area contributed by atoms with Crippen molar-refractivity contribution in [3.63, 3.8) is 0 Å². The molecule has 0 saturated heterocycles. The summed E-state index contributed by atoms with van der Waals surface area (Å²) in [7, 11) is 0. The second-order valence-electron chi connectivity index (χ2n) is 4.61. The van der Waals surface area contributed by atoms with Gasteiger partial charge in [0.15, 0.2) is 0 Å². The van der Waals surface area contributed by atoms with E-state index in [9.17, 15) is 14.9 Å². The van der Waals surface area contributed by atoms with Gasteiger partial charge in [0.05, 0.1) is 17.6 Å². The van der Waals surface area contributed by atoms with Crippen LogP contribution in [0.1, 0.15) is 20.8 Å². The number of hydrogen-bond acceptors (Lipinski definition) is 5. The van der Waals surface area contributed by atoms with Crippen LogP contribution in [0.2, 0.25) is 0 Å². The van der Waals surface area contributed by atoms with E-state index in [0.29, 0.717) is 18.0 Å². The van der Waals surface area contributed by atoms with Crippen molar-refractivity contribution in [3.05, 3.63) is 28.3 Å². The van der Waals surface area contributed by atoms with Gasteiger partial charge >= 0.3 is 5.97 Å². The van der Waals surface area contributed by atoms with E-state index in [1.165, 1.54) is 12.1 Å². The third-order valence-corrected chi connectivity index (χ3v) is 2.67. The Balaban J connectivity index is 3.09. The lowest BCUT2D eigenvalue weighted by Crippen LogP contribution is -2.34. The van der Waals surface area contributed by atoms with E-state index in [0.717, 1.165) is 0 Å². The molecule has 0 aliphatic heterocycles. The number of rotatable bonds is 7. The molecule has 1 rings (SSSR count). The Morgan fingerprint density at radius 2 is 2.10 bits per heavy atom. The normalized spacial score (nSPS) is 12.0. The van der Waals surface area contributed by atoms with Gasteiger partial charge in [0.2, 0.25) is 0 Å². The van der Waals surface area contributed by atoms with Gasteiger partial charge in [-0.3, -0.25) is 10.1 Å². The largest absolute Gasteiger partial charge is 0.494 e. The fourth-order valence-corrected chi connectivity index (χ4v) is 1.72. The predicted molar refractivity (Wildman–Crippen MR) is 74.1 cm³/mol. The third kappa shape index (κ3) is 4.11. The molecule has 7 heteroatoms. The van der Waals surface area contributed by atoms with Gasteiger partial charge in [-0.2, -0.15) is 0 Å². The molecule has 20 heavy (non-hydrogen) atoms. The summed E-state index contributed by atoms with van der Waals surface area (Å²) in [5, 5.41) is 22.8. The number of nitro benzene ring substituents is 1. The van der Waals surface area contributed by atoms with Gasteiger partial charge in [-0.25, -0.2) is 4.79 Å². The summed E-state index contributed by atoms with van der Waals surface area (Å²) in [6, 6.07) is 3.32. The molecule has 0 aromatic heterocycles. The Hall–Kier alpha value is -2.31. The van der Waals surface area contributed by atoms with Crippen molar-refractivity contribution < 1.29 is 19.6 Å². The summed E-state index contributed by atoms with van der Waals surface area (Å²) in [6.45, 7) is 5.65. The van der Waals surface area contributed by atoms with Crippen LogP contribution in [-0.2, 0) is 4.79 Å². The summed E-state index contributed by atoms with van der Waals surface area (Å²) < 4.78 is 5.25. The molecule has 110 valence electrons. The van der Waals surface area contributed by atoms with Gasteiger partial charge in [0.1, 0.15) is 11.8 Å². The SMILES string of the molecule is CCOc1cc(NC(C(=O)O)C(C)C)cc([N+](=O)[O-])c1. The second-order valence-corrected chi connectivity index (χ2v) is 4.61. The van der Waals surface area contributed by atoms with E-state index in [2.05, 4.69) is 5.32 Å². The zero-order valence-corrected chi connectivity index (χ0v) is 11.6. The van der Waals surface area contributed by atoms with Crippen LogP contribution in [0.25, 0.3) is 0 Å². The molecular formula is C13H18N2O5. The standard InChI is InChI=1S/C13H18N2O5/c1-4-20-11-6-9(5-10(7-11)15(18)19)14-12(8(2)3)13(16)17/h5-8,12,14H,4H2,1-3H3,(H,16,17). The fourth-order valence-electron chi connectivity index (χ4n) is 1.72. The van der Waals surface area contributed by atoms with E-state index in [1.54, 1.807) is 26.8 Å². The Kier molecular flexibility index (Phi) is 5.31. The number of benzene rings is 1. The predicted octanol–water partition coefficient (Wildman–Crippen LogP) is 2.51. The van der Waals surface area contributed by atoms with Gasteiger partial charge in [-0.1, -0.05) is 13.8 Å². The van der Waals surface area contributed by atoms with E-state index in [-0.39, 0.29) is 11.6 Å². The average molecular weight is 282 g/mol. The lowest BCUT2D eigenvalue weighted by atomic mass is 10.0. The number of ether oxygens (including phenoxy) is 1. The highest BCUT2D eigenvalue weighted by Gasteiger charge is 2.22. The number of hydrogen-bond donors (Lipinski definition) is 2. The van der Waals surface area contributed by atoms with Crippen LogP contribution in [0, 0.1) is 16.0 Å². The topological polar surface area (TPSA) is 102 Å². The quantitative estimate of drug-likeness (QED) is 0.588. The molecule has 0 amide bonds. The van der Waals surface area contributed by atoms with Crippen molar-refractivity contribution in [2.75, 3.05) is 11.9 Å². The first kappa shape index (κ1) is 15.7. The number of aliphatic carboxylic acids is 1. The van der Waals surface area contributed by atoms with Gasteiger partial charge in [0, 0.05) is 17.8 Å². The number of nitrogens with one attached hydrogen (secondary N) is 1. The number of carboxylic acids is 1. The van der Waals surface area contributed by atoms with Crippen LogP contribution in [0.3, 0.4) is 0 Å². The van der Waals surface area contributed by atoms with E-state index in [1.807, 2.05) is 0 Å². The molecule has 0 spiro atoms. The number of non-ortho nitro benzene ring substituents is 1. The summed E-state index contributed by atoms with van der Waals surface area (Å²) in [4.78, 5) is 21.5. The zero-order chi connectivity index (χ0) is 15.3. The summed E-state index contributed by atoms with van der Waals surface area (Å²) >= 11 is 0. The Morgan fingerprint density at radius 1 is 1.45 bits per heavy atom. The summed E-state index contributed by atoms with van der Waals surface area (Å²) in [5.41, 5.74) is 0.204. The van der Waals surface area contributed by atoms with Crippen molar-refractivity contribution in [1.82, 2.24) is 0 Å². The first-order valence-corrected chi connectivity index (χ1v) is 6.26. The van der Waals surface area contributed by atoms with E-state index in [4.69, 9.17) is 9.84 Å². The number of nitrogens with zero attached hydrogens (tertiary/aromatic N) is 1. The van der Waals surface area contributed by atoms with E-state index < -0.39 is 16.9 Å². The van der Waals surface area contributed by atoms with Crippen molar-refractivity contribution >= 4 is 17.3 Å². The molecule has 1 unspecified atom stereocenters. The van der Waals surface area contributed by atoms with Gasteiger partial charge in [-0.05, 0) is 12.8 Å². The highest BCUT2D eigenvalue weighted by atomic mass is 16.6. The van der Waals surface area contributed by atoms with Crippen LogP contribution in [0.15, 0.2) is 18.2 Å². The minimum atomic E-state index is -1.01. The molecule has 0 fully saturated rings. The van der Waals surface area contributed by atoms with Crippen LogP contribution < -0.4 is 10.1 Å². The van der Waals surface area contributed by atoms with Crippen LogP contribution >= 0.6 is 0 Å². The fraction of sp³-hybridized carbons (Fsp3) is 0.462. The lowest BCUT2D eigenvalue weighted by molar-refractivity contribution is -0.384. The lowest BCUT2D eigenvalue weighted by Gasteiger charge is -2.19. The molecule has 0 saturated carbocycles. The van der Waals surface area contributed by atoms with Crippen LogP contribution in [0.5, 0.6) is 5.75 Å². The maximum absolute atomic E-state index is 11.1. The first-order chi connectivity index (χ1) is 9.35. The van der Waals surface area contributed by atoms with E-state index >= 15 is 0 Å². The minimum absolute atomic E-state index is 0.147. The number of anilines is 1. The number of nitro groups is 1. The van der Waals surface area contributed by atoms with Crippen molar-refractivity contribution in [1.29, 1.82) is 0 Å². The maximum atomic E-state index is 11.1. The molecule has 2 N–H and O–H groups in total. The van der Waals surface area contributed by atoms with Gasteiger partial charge in [0.25, 0.3) is 5.69 Å². The smallest absolute Gasteiger partial charge is 0.326 e. The molecule has 0 radical (unpaired) electrons. The molecular weight excluding hydrogens is 264 g/mol. The molecule has 0 aliphatic rings. The number of carboxylic acid groups (broad SMARTS) is 1. The van der Waals surface area contributed by atoms with Gasteiger partial charge < -0.3 is 15.2 Å². The van der Waals surface area contributed by atoms with Crippen molar-refractivity contribution in [2.24, 2.45) is 5.92 Å². The first-order valence-electron chi connectivity index (χ1n) is 6.26. The van der Waals surface area contributed by atoms with Crippen LogP contribution in [0.4, 0.5) is 11.4 Å². The molecule has 1 aromatic carbocycles. The van der Waals surface area contributed by atoms with Crippen molar-refractivity contribution in [3.8, 4) is 5.75 Å². The summed E-state index contributed by atoms with van der Waals surface area (Å²) in [5.74, 6) is -0.844. The maximum Gasteiger partial charge on any atom is 0.326 e. The molecule has 0 bridgehead atoms. The monoisotopic (exact) mass is 282 g/mol. The average Bonchev–Trinajstić information content (AvgIpc) is 2.35. The minimum Gasteiger partial charge on any atom is -0.494 e. The molecule has 7 nitrogen and oxygen atoms in total. The third-order valence-electron chi connectivity index (χ3n) is 2.67. The molecule has 1 aromatic rings. The van der Waals surface area contributed by atoms with Gasteiger partial charge in [-0.15, -0.1) is 0 Å². The highest BCUT2D eigenvalue weighted by Crippen LogP contribution is 2.27. The Labute approximate surface area is 116 Å². The molecule has 0 heterocycles. The zero-order valence-electron chi connectivity index (χ0n) is 11.6.